The summed E-state index contributed by atoms with van der Waals surface area (Å²) >= 11 is 0. The van der Waals surface area contributed by atoms with Crippen molar-refractivity contribution in [2.24, 2.45) is 0 Å². The molecule has 0 aliphatic rings. The van der Waals surface area contributed by atoms with Crippen molar-refractivity contribution in [3.63, 3.8) is 0 Å². The molecule has 1 unspecified atom stereocenters. The van der Waals surface area contributed by atoms with E-state index in [2.05, 4.69) is 6.92 Å². The van der Waals surface area contributed by atoms with Crippen molar-refractivity contribution in [3.8, 4) is 0 Å². The van der Waals surface area contributed by atoms with Gasteiger partial charge >= 0.3 is 13.5 Å². The zero-order chi connectivity index (χ0) is 17.1. The Labute approximate surface area is 136 Å². The van der Waals surface area contributed by atoms with Gasteiger partial charge in [0.05, 0.1) is 26.2 Å². The summed E-state index contributed by atoms with van der Waals surface area (Å²) in [5.74, 6) is -0.163. The molecule has 5 nitrogen and oxygen atoms in total. The molecule has 0 rings (SSSR count). The van der Waals surface area contributed by atoms with E-state index in [4.69, 9.17) is 4.52 Å². The average Bonchev–Trinajstić information content (AvgIpc) is 2.47. The van der Waals surface area contributed by atoms with Gasteiger partial charge in [0.25, 0.3) is 0 Å². The zero-order valence-corrected chi connectivity index (χ0v) is 15.7. The summed E-state index contributed by atoms with van der Waals surface area (Å²) in [4.78, 5) is 22.5. The topological polar surface area (TPSA) is 63.6 Å². The number of carbonyl (C=O) groups excluding carboxylic acids is 1. The molecule has 0 fully saturated rings. The first-order chi connectivity index (χ1) is 10.4. The van der Waals surface area contributed by atoms with Crippen LogP contribution in [-0.4, -0.2) is 47.7 Å². The van der Waals surface area contributed by atoms with Crippen LogP contribution in [0.3, 0.4) is 0 Å². The molecule has 1 atom stereocenters. The second kappa shape index (κ2) is 11.3. The molecule has 0 saturated carbocycles. The SMILES string of the molecule is CCCCCC[N+](CC)(CC)C(=O)CP(=O)(O)OCCCC. The summed E-state index contributed by atoms with van der Waals surface area (Å²) in [6.07, 6.45) is 5.67. The van der Waals surface area contributed by atoms with Crippen molar-refractivity contribution >= 4 is 13.5 Å². The van der Waals surface area contributed by atoms with Crippen LogP contribution in [0.25, 0.3) is 0 Å². The van der Waals surface area contributed by atoms with Crippen LogP contribution in [0.2, 0.25) is 0 Å². The lowest BCUT2D eigenvalue weighted by Gasteiger charge is -2.34. The molecule has 0 aromatic rings. The fourth-order valence-electron chi connectivity index (χ4n) is 2.58. The normalized spacial score (nSPS) is 14.8. The molecule has 0 aromatic carbocycles. The fraction of sp³-hybridized carbons (Fsp3) is 0.938. The van der Waals surface area contributed by atoms with Crippen molar-refractivity contribution in [1.82, 2.24) is 0 Å². The van der Waals surface area contributed by atoms with Crippen molar-refractivity contribution < 1.29 is 23.3 Å². The molecule has 0 spiro atoms. The van der Waals surface area contributed by atoms with Crippen LogP contribution in [0.1, 0.15) is 66.2 Å². The van der Waals surface area contributed by atoms with E-state index in [0.29, 0.717) is 13.1 Å². The number of unbranched alkanes of at least 4 members (excludes halogenated alkanes) is 4. The molecule has 0 bridgehead atoms. The van der Waals surface area contributed by atoms with E-state index < -0.39 is 7.60 Å². The molecule has 0 aromatic heterocycles. The van der Waals surface area contributed by atoms with E-state index in [9.17, 15) is 14.3 Å². The van der Waals surface area contributed by atoms with Gasteiger partial charge in [0.1, 0.15) is 0 Å². The van der Waals surface area contributed by atoms with Crippen LogP contribution < -0.4 is 0 Å². The molecular weight excluding hydrogens is 301 g/mol. The monoisotopic (exact) mass is 336 g/mol. The lowest BCUT2D eigenvalue weighted by molar-refractivity contribution is -0.850. The highest BCUT2D eigenvalue weighted by molar-refractivity contribution is 7.53. The number of hydrogen-bond donors (Lipinski definition) is 1. The van der Waals surface area contributed by atoms with Crippen LogP contribution in [0.4, 0.5) is 0 Å². The van der Waals surface area contributed by atoms with Gasteiger partial charge in [-0.2, -0.15) is 0 Å². The van der Waals surface area contributed by atoms with E-state index in [1.165, 1.54) is 6.42 Å². The number of nitrogens with zero attached hydrogens (tertiary/aromatic N) is 1. The fourth-order valence-corrected chi connectivity index (χ4v) is 3.72. The van der Waals surface area contributed by atoms with Crippen LogP contribution in [0.5, 0.6) is 0 Å². The second-order valence-corrected chi connectivity index (χ2v) is 7.79. The van der Waals surface area contributed by atoms with Gasteiger partial charge in [0, 0.05) is 0 Å². The van der Waals surface area contributed by atoms with Crippen LogP contribution >= 0.6 is 7.60 Å². The van der Waals surface area contributed by atoms with Crippen molar-refractivity contribution in [3.05, 3.63) is 0 Å². The molecule has 132 valence electrons. The molecule has 0 aliphatic heterocycles. The highest BCUT2D eigenvalue weighted by Crippen LogP contribution is 2.42. The number of quaternary nitrogens is 1. The van der Waals surface area contributed by atoms with Gasteiger partial charge in [-0.3, -0.25) is 9.05 Å². The van der Waals surface area contributed by atoms with Gasteiger partial charge in [0.15, 0.2) is 6.16 Å². The number of hydrogen-bond acceptors (Lipinski definition) is 3. The van der Waals surface area contributed by atoms with Crippen molar-refractivity contribution in [2.75, 3.05) is 32.4 Å². The molecule has 6 heteroatoms. The maximum Gasteiger partial charge on any atom is 0.341 e. The summed E-state index contributed by atoms with van der Waals surface area (Å²) in [6, 6.07) is 0. The highest BCUT2D eigenvalue weighted by Gasteiger charge is 2.38. The van der Waals surface area contributed by atoms with Gasteiger partial charge in [-0.25, -0.2) is 4.79 Å². The summed E-state index contributed by atoms with van der Waals surface area (Å²) in [5.41, 5.74) is 0. The molecule has 0 radical (unpaired) electrons. The van der Waals surface area contributed by atoms with E-state index in [-0.39, 0.29) is 23.2 Å². The minimum Gasteiger partial charge on any atom is -0.324 e. The van der Waals surface area contributed by atoms with Crippen LogP contribution in [-0.2, 0) is 13.9 Å². The first-order valence-electron chi connectivity index (χ1n) is 8.73. The summed E-state index contributed by atoms with van der Waals surface area (Å²) in [7, 11) is -3.81. The third-order valence-electron chi connectivity index (χ3n) is 4.31. The van der Waals surface area contributed by atoms with Gasteiger partial charge in [0.2, 0.25) is 0 Å². The van der Waals surface area contributed by atoms with Crippen LogP contribution in [0.15, 0.2) is 0 Å². The van der Waals surface area contributed by atoms with Crippen molar-refractivity contribution in [2.45, 2.75) is 66.2 Å². The highest BCUT2D eigenvalue weighted by atomic mass is 31.2. The van der Waals surface area contributed by atoms with E-state index in [1.807, 2.05) is 20.8 Å². The number of rotatable bonds is 13. The third-order valence-corrected chi connectivity index (χ3v) is 5.56. The minimum absolute atomic E-state index is 0.163. The second-order valence-electron chi connectivity index (χ2n) is 5.94. The Morgan fingerprint density at radius 2 is 1.59 bits per heavy atom. The standard InChI is InChI=1S/C16H34NO4P/c1-5-9-11-12-13-17(7-3,8-4)16(18)15-22(19,20)21-14-10-6-2/h5-15H2,1-4H3/p+1. The number of carbonyl (C=O) groups is 1. The van der Waals surface area contributed by atoms with Crippen LogP contribution in [0, 0.1) is 0 Å². The van der Waals surface area contributed by atoms with Gasteiger partial charge in [-0.15, -0.1) is 0 Å². The van der Waals surface area contributed by atoms with E-state index >= 15 is 0 Å². The molecule has 0 saturated heterocycles. The zero-order valence-electron chi connectivity index (χ0n) is 14.8. The lowest BCUT2D eigenvalue weighted by Crippen LogP contribution is -2.54. The Hall–Kier alpha value is -0.220. The quantitative estimate of drug-likeness (QED) is 0.314. The minimum atomic E-state index is -3.81. The Balaban J connectivity index is 4.66. The molecule has 22 heavy (non-hydrogen) atoms. The largest absolute Gasteiger partial charge is 0.341 e. The molecular formula is C16H35NO4P+. The summed E-state index contributed by atoms with van der Waals surface area (Å²) < 4.78 is 17.4. The predicted molar refractivity (Wildman–Crippen MR) is 90.9 cm³/mol. The molecule has 1 amide bonds. The first kappa shape index (κ1) is 21.8. The maximum absolute atomic E-state index is 12.6. The van der Waals surface area contributed by atoms with Gasteiger partial charge < -0.3 is 9.42 Å². The molecule has 0 aliphatic carbocycles. The number of amides is 1. The smallest absolute Gasteiger partial charge is 0.324 e. The van der Waals surface area contributed by atoms with Crippen molar-refractivity contribution in [1.29, 1.82) is 0 Å². The Kier molecular flexibility index (Phi) is 11.2. The molecule has 1 N–H and O–H groups in total. The Morgan fingerprint density at radius 1 is 1.00 bits per heavy atom. The third kappa shape index (κ3) is 7.87. The molecule has 0 heterocycles. The lowest BCUT2D eigenvalue weighted by atomic mass is 10.1. The van der Waals surface area contributed by atoms with Gasteiger partial charge in [-0.05, 0) is 33.1 Å². The predicted octanol–water partition coefficient (Wildman–Crippen LogP) is 3.95. The Morgan fingerprint density at radius 3 is 2.09 bits per heavy atom. The van der Waals surface area contributed by atoms with E-state index in [1.54, 1.807) is 0 Å². The average molecular weight is 336 g/mol. The van der Waals surface area contributed by atoms with E-state index in [0.717, 1.165) is 38.6 Å². The Bertz CT molecular complexity index is 356. The summed E-state index contributed by atoms with van der Waals surface area (Å²) in [6.45, 7) is 10.4. The first-order valence-corrected chi connectivity index (χ1v) is 10.5. The maximum atomic E-state index is 12.6. The van der Waals surface area contributed by atoms with Gasteiger partial charge in [-0.1, -0.05) is 33.1 Å². The summed E-state index contributed by atoms with van der Waals surface area (Å²) in [5, 5.41) is 0.